The molecule has 3 nitrogen and oxygen atoms in total. The second-order valence-electron chi connectivity index (χ2n) is 4.83. The number of hydrogen-bond acceptors (Lipinski definition) is 1. The lowest BCUT2D eigenvalue weighted by atomic mass is 10.2. The van der Waals surface area contributed by atoms with Gasteiger partial charge >= 0.3 is 0 Å². The van der Waals surface area contributed by atoms with Crippen molar-refractivity contribution in [2.45, 2.75) is 13.1 Å². The monoisotopic (exact) mass is 413 g/mol. The quantitative estimate of drug-likeness (QED) is 0.471. The number of hydrogen-bond donors (Lipinski definition) is 1. The van der Waals surface area contributed by atoms with Crippen LogP contribution in [0.2, 0.25) is 0 Å². The summed E-state index contributed by atoms with van der Waals surface area (Å²) < 4.78 is 13.6. The van der Waals surface area contributed by atoms with E-state index in [1.165, 1.54) is 11.6 Å². The molecule has 0 amide bonds. The van der Waals surface area contributed by atoms with E-state index in [9.17, 15) is 4.39 Å². The predicted octanol–water partition coefficient (Wildman–Crippen LogP) is 3.65. The molecular formula is C17H21FIN3. The van der Waals surface area contributed by atoms with Crippen LogP contribution in [0.15, 0.2) is 59.6 Å². The van der Waals surface area contributed by atoms with Gasteiger partial charge in [0.25, 0.3) is 0 Å². The van der Waals surface area contributed by atoms with Gasteiger partial charge in [-0.1, -0.05) is 48.5 Å². The molecule has 0 aliphatic carbocycles. The maximum Gasteiger partial charge on any atom is 0.193 e. The van der Waals surface area contributed by atoms with E-state index in [1.807, 2.05) is 36.2 Å². The summed E-state index contributed by atoms with van der Waals surface area (Å²) in [7, 11) is 3.69. The molecule has 0 aliphatic rings. The van der Waals surface area contributed by atoms with E-state index in [0.29, 0.717) is 12.1 Å². The molecule has 5 heteroatoms. The summed E-state index contributed by atoms with van der Waals surface area (Å²) in [5.41, 5.74) is 1.83. The maximum absolute atomic E-state index is 13.6. The third-order valence-electron chi connectivity index (χ3n) is 3.23. The fourth-order valence-corrected chi connectivity index (χ4v) is 2.13. The van der Waals surface area contributed by atoms with Gasteiger partial charge in [0.1, 0.15) is 5.82 Å². The first-order valence-corrected chi connectivity index (χ1v) is 6.90. The van der Waals surface area contributed by atoms with Gasteiger partial charge in [0, 0.05) is 32.7 Å². The Morgan fingerprint density at radius 3 is 2.36 bits per heavy atom. The zero-order valence-corrected chi connectivity index (χ0v) is 15.1. The molecule has 0 aliphatic heterocycles. The van der Waals surface area contributed by atoms with E-state index in [1.54, 1.807) is 19.2 Å². The van der Waals surface area contributed by atoms with Crippen LogP contribution in [-0.4, -0.2) is 25.0 Å². The van der Waals surface area contributed by atoms with Crippen LogP contribution < -0.4 is 5.32 Å². The molecule has 0 aromatic heterocycles. The van der Waals surface area contributed by atoms with Crippen LogP contribution >= 0.6 is 24.0 Å². The first-order valence-electron chi connectivity index (χ1n) is 6.90. The summed E-state index contributed by atoms with van der Waals surface area (Å²) in [6.45, 7) is 1.16. The Labute approximate surface area is 148 Å². The van der Waals surface area contributed by atoms with E-state index in [2.05, 4.69) is 22.4 Å². The number of benzene rings is 2. The minimum Gasteiger partial charge on any atom is -0.352 e. The summed E-state index contributed by atoms with van der Waals surface area (Å²) in [5, 5.41) is 3.18. The lowest BCUT2D eigenvalue weighted by molar-refractivity contribution is 0.475. The highest BCUT2D eigenvalue weighted by Gasteiger charge is 2.07. The summed E-state index contributed by atoms with van der Waals surface area (Å²) >= 11 is 0. The Morgan fingerprint density at radius 1 is 1.09 bits per heavy atom. The van der Waals surface area contributed by atoms with Crippen LogP contribution in [0.3, 0.4) is 0 Å². The minimum atomic E-state index is -0.203. The normalized spacial score (nSPS) is 10.8. The topological polar surface area (TPSA) is 27.6 Å². The van der Waals surface area contributed by atoms with Gasteiger partial charge in [-0.05, 0) is 11.6 Å². The van der Waals surface area contributed by atoms with Gasteiger partial charge in [0.15, 0.2) is 5.96 Å². The van der Waals surface area contributed by atoms with Crippen molar-refractivity contribution in [2.24, 2.45) is 4.99 Å². The third-order valence-corrected chi connectivity index (χ3v) is 3.23. The Balaban J connectivity index is 0.00000242. The molecule has 2 aromatic rings. The molecular weight excluding hydrogens is 392 g/mol. The Bertz CT molecular complexity index is 602. The molecule has 0 saturated heterocycles. The second-order valence-corrected chi connectivity index (χ2v) is 4.83. The Hall–Kier alpha value is -1.63. The van der Waals surface area contributed by atoms with Gasteiger partial charge in [0.05, 0.1) is 0 Å². The van der Waals surface area contributed by atoms with Gasteiger partial charge in [0.2, 0.25) is 0 Å². The summed E-state index contributed by atoms with van der Waals surface area (Å²) in [6, 6.07) is 16.9. The van der Waals surface area contributed by atoms with Crippen LogP contribution in [0.4, 0.5) is 4.39 Å². The second kappa shape index (κ2) is 9.40. The molecule has 0 spiro atoms. The third kappa shape index (κ3) is 5.29. The first kappa shape index (κ1) is 18.4. The highest BCUT2D eigenvalue weighted by atomic mass is 127. The van der Waals surface area contributed by atoms with Crippen molar-refractivity contribution in [2.75, 3.05) is 14.1 Å². The number of rotatable bonds is 4. The standard InChI is InChI=1S/C17H20FN3.HI/c1-19-17(20-12-15-10-6-7-11-16(15)18)21(2)13-14-8-4-3-5-9-14;/h3-11H,12-13H2,1-2H3,(H,19,20);1H. The van der Waals surface area contributed by atoms with E-state index in [4.69, 9.17) is 0 Å². The zero-order chi connectivity index (χ0) is 15.1. The van der Waals surface area contributed by atoms with Crippen molar-refractivity contribution < 1.29 is 4.39 Å². The zero-order valence-electron chi connectivity index (χ0n) is 12.8. The average molecular weight is 413 g/mol. The molecule has 118 valence electrons. The molecule has 0 atom stereocenters. The average Bonchev–Trinajstić information content (AvgIpc) is 2.50. The summed E-state index contributed by atoms with van der Waals surface area (Å²) in [5.74, 6) is 0.535. The summed E-state index contributed by atoms with van der Waals surface area (Å²) in [6.07, 6.45) is 0. The van der Waals surface area contributed by atoms with E-state index in [0.717, 1.165) is 12.5 Å². The Morgan fingerprint density at radius 2 is 1.73 bits per heavy atom. The minimum absolute atomic E-state index is 0. The highest BCUT2D eigenvalue weighted by Crippen LogP contribution is 2.07. The Kier molecular flexibility index (Phi) is 7.87. The van der Waals surface area contributed by atoms with E-state index < -0.39 is 0 Å². The van der Waals surface area contributed by atoms with E-state index >= 15 is 0 Å². The number of aliphatic imine (C=N–C) groups is 1. The van der Waals surface area contributed by atoms with E-state index in [-0.39, 0.29) is 29.8 Å². The van der Waals surface area contributed by atoms with Crippen LogP contribution in [0.25, 0.3) is 0 Å². The van der Waals surface area contributed by atoms with Crippen LogP contribution in [0.1, 0.15) is 11.1 Å². The molecule has 0 radical (unpaired) electrons. The fraction of sp³-hybridized carbons (Fsp3) is 0.235. The lowest BCUT2D eigenvalue weighted by Crippen LogP contribution is -2.38. The molecule has 0 unspecified atom stereocenters. The molecule has 0 fully saturated rings. The van der Waals surface area contributed by atoms with Crippen LogP contribution in [0, 0.1) is 5.82 Å². The number of halogens is 2. The molecule has 0 saturated carbocycles. The van der Waals surface area contributed by atoms with Crippen molar-refractivity contribution >= 4 is 29.9 Å². The van der Waals surface area contributed by atoms with Gasteiger partial charge in [-0.25, -0.2) is 4.39 Å². The number of guanidine groups is 1. The summed E-state index contributed by atoms with van der Waals surface area (Å²) in [4.78, 5) is 6.25. The fourth-order valence-electron chi connectivity index (χ4n) is 2.13. The van der Waals surface area contributed by atoms with Gasteiger partial charge in [-0.2, -0.15) is 0 Å². The highest BCUT2D eigenvalue weighted by molar-refractivity contribution is 14.0. The first-order chi connectivity index (χ1) is 10.2. The van der Waals surface area contributed by atoms with Crippen molar-refractivity contribution in [3.8, 4) is 0 Å². The SMILES string of the molecule is CN=C(NCc1ccccc1F)N(C)Cc1ccccc1.I. The van der Waals surface area contributed by atoms with Crippen LogP contribution in [0.5, 0.6) is 0 Å². The van der Waals surface area contributed by atoms with Crippen molar-refractivity contribution in [1.29, 1.82) is 0 Å². The molecule has 22 heavy (non-hydrogen) atoms. The van der Waals surface area contributed by atoms with Crippen molar-refractivity contribution in [1.82, 2.24) is 10.2 Å². The largest absolute Gasteiger partial charge is 0.352 e. The lowest BCUT2D eigenvalue weighted by Gasteiger charge is -2.22. The van der Waals surface area contributed by atoms with Crippen LogP contribution in [-0.2, 0) is 13.1 Å². The molecule has 2 rings (SSSR count). The number of nitrogens with one attached hydrogen (secondary N) is 1. The molecule has 0 bridgehead atoms. The molecule has 0 heterocycles. The van der Waals surface area contributed by atoms with Crippen molar-refractivity contribution in [3.05, 3.63) is 71.5 Å². The molecule has 1 N–H and O–H groups in total. The number of nitrogens with zero attached hydrogens (tertiary/aromatic N) is 2. The van der Waals surface area contributed by atoms with Gasteiger partial charge in [-0.15, -0.1) is 24.0 Å². The predicted molar refractivity (Wildman–Crippen MR) is 99.9 cm³/mol. The van der Waals surface area contributed by atoms with Gasteiger partial charge in [-0.3, -0.25) is 4.99 Å². The van der Waals surface area contributed by atoms with Crippen molar-refractivity contribution in [3.63, 3.8) is 0 Å². The molecule has 2 aromatic carbocycles. The van der Waals surface area contributed by atoms with Gasteiger partial charge < -0.3 is 10.2 Å². The smallest absolute Gasteiger partial charge is 0.193 e. The maximum atomic E-state index is 13.6.